The third kappa shape index (κ3) is 7.92. The molecule has 0 aliphatic heterocycles. The molecule has 9 heavy (non-hydrogen) atoms. The van der Waals surface area contributed by atoms with Gasteiger partial charge in [-0.2, -0.15) is 0 Å². The summed E-state index contributed by atoms with van der Waals surface area (Å²) in [6.07, 6.45) is 1.05. The fraction of sp³-hybridized carbons (Fsp3) is 1.00. The van der Waals surface area contributed by atoms with E-state index in [1.807, 2.05) is 0 Å². The SMILES string of the molecule is [2H]CCOCCOCCC. The molecular weight excluding hydrogens is 116 g/mol. The second-order valence-corrected chi connectivity index (χ2v) is 1.72. The normalized spacial score (nSPS) is 11.4. The van der Waals surface area contributed by atoms with E-state index in [0.717, 1.165) is 13.0 Å². The molecule has 0 radical (unpaired) electrons. The Labute approximate surface area is 58.6 Å². The molecule has 0 atom stereocenters. The predicted octanol–water partition coefficient (Wildman–Crippen LogP) is 1.45. The molecule has 0 aliphatic carbocycles. The highest BCUT2D eigenvalue weighted by molar-refractivity contribution is 4.28. The van der Waals surface area contributed by atoms with Crippen LogP contribution in [-0.4, -0.2) is 26.4 Å². The van der Waals surface area contributed by atoms with Gasteiger partial charge in [-0.05, 0) is 13.3 Å². The van der Waals surface area contributed by atoms with Crippen molar-refractivity contribution in [2.24, 2.45) is 0 Å². The lowest BCUT2D eigenvalue weighted by Gasteiger charge is -2.00. The summed E-state index contributed by atoms with van der Waals surface area (Å²) < 4.78 is 16.9. The van der Waals surface area contributed by atoms with Crippen molar-refractivity contribution in [3.63, 3.8) is 0 Å². The number of rotatable bonds is 6. The predicted molar refractivity (Wildman–Crippen MR) is 37.6 cm³/mol. The Kier molecular flexibility index (Phi) is 6.19. The van der Waals surface area contributed by atoms with E-state index < -0.39 is 0 Å². The molecule has 0 fully saturated rings. The molecule has 0 unspecified atom stereocenters. The van der Waals surface area contributed by atoms with Gasteiger partial charge in [-0.1, -0.05) is 6.92 Å². The van der Waals surface area contributed by atoms with Crippen molar-refractivity contribution in [2.75, 3.05) is 26.4 Å². The van der Waals surface area contributed by atoms with Gasteiger partial charge in [0, 0.05) is 14.6 Å². The van der Waals surface area contributed by atoms with E-state index in [1.165, 1.54) is 0 Å². The average Bonchev–Trinajstić information content (AvgIpc) is 1.97. The summed E-state index contributed by atoms with van der Waals surface area (Å²) in [5.41, 5.74) is 0. The van der Waals surface area contributed by atoms with Crippen LogP contribution in [0.4, 0.5) is 0 Å². The Bertz CT molecular complexity index is 51.6. The summed E-state index contributed by atoms with van der Waals surface area (Å²) in [4.78, 5) is 0. The van der Waals surface area contributed by atoms with Gasteiger partial charge in [0.05, 0.1) is 13.2 Å². The monoisotopic (exact) mass is 133 g/mol. The Morgan fingerprint density at radius 3 is 2.67 bits per heavy atom. The van der Waals surface area contributed by atoms with Crippen LogP contribution in [0, 0.1) is 0 Å². The standard InChI is InChI=1S/C7H16O2/c1-3-5-9-7-6-8-4-2/h3-7H2,1-2H3/i2D. The summed E-state index contributed by atoms with van der Waals surface area (Å²) >= 11 is 0. The Hall–Kier alpha value is -0.0800. The average molecular weight is 133 g/mol. The van der Waals surface area contributed by atoms with Crippen molar-refractivity contribution in [3.05, 3.63) is 0 Å². The zero-order valence-electron chi connectivity index (χ0n) is 7.06. The second-order valence-electron chi connectivity index (χ2n) is 1.72. The highest BCUT2D eigenvalue weighted by Gasteiger charge is 1.83. The van der Waals surface area contributed by atoms with Gasteiger partial charge in [0.2, 0.25) is 0 Å². The number of hydrogen-bond donors (Lipinski definition) is 0. The first-order valence-electron chi connectivity index (χ1n) is 4.07. The maximum Gasteiger partial charge on any atom is 0.0700 e. The lowest BCUT2D eigenvalue weighted by molar-refractivity contribution is 0.0531. The maximum atomic E-state index is 6.75. The first-order valence-corrected chi connectivity index (χ1v) is 3.36. The third-order valence-electron chi connectivity index (χ3n) is 0.865. The van der Waals surface area contributed by atoms with E-state index in [9.17, 15) is 0 Å². The van der Waals surface area contributed by atoms with Gasteiger partial charge < -0.3 is 9.47 Å². The molecule has 0 bridgehead atoms. The van der Waals surface area contributed by atoms with Crippen LogP contribution in [0.25, 0.3) is 0 Å². The molecule has 0 saturated carbocycles. The first-order chi connectivity index (χ1) is 4.91. The molecule has 0 rings (SSSR count). The fourth-order valence-corrected chi connectivity index (χ4v) is 0.466. The van der Waals surface area contributed by atoms with Crippen LogP contribution >= 0.6 is 0 Å². The minimum Gasteiger partial charge on any atom is -0.379 e. The van der Waals surface area contributed by atoms with Gasteiger partial charge in [-0.25, -0.2) is 0 Å². The molecule has 2 nitrogen and oxygen atoms in total. The molecule has 0 aromatic heterocycles. The quantitative estimate of drug-likeness (QED) is 0.510. The van der Waals surface area contributed by atoms with Crippen molar-refractivity contribution >= 4 is 0 Å². The highest BCUT2D eigenvalue weighted by Crippen LogP contribution is 1.80. The van der Waals surface area contributed by atoms with Crippen molar-refractivity contribution in [3.8, 4) is 0 Å². The molecular formula is C7H16O2. The van der Waals surface area contributed by atoms with Crippen molar-refractivity contribution in [1.29, 1.82) is 0 Å². The smallest absolute Gasteiger partial charge is 0.0700 e. The number of hydrogen-bond acceptors (Lipinski definition) is 2. The molecule has 0 amide bonds. The molecule has 0 aliphatic rings. The lowest BCUT2D eigenvalue weighted by Crippen LogP contribution is -2.03. The Morgan fingerprint density at radius 2 is 2.00 bits per heavy atom. The lowest BCUT2D eigenvalue weighted by atomic mass is 10.5. The molecule has 0 saturated heterocycles. The Morgan fingerprint density at radius 1 is 1.22 bits per heavy atom. The fourth-order valence-electron chi connectivity index (χ4n) is 0.466. The van der Waals surface area contributed by atoms with E-state index in [4.69, 9.17) is 10.8 Å². The van der Waals surface area contributed by atoms with E-state index in [0.29, 0.717) is 26.7 Å². The number of ether oxygens (including phenoxy) is 2. The van der Waals surface area contributed by atoms with Gasteiger partial charge in [-0.15, -0.1) is 0 Å². The molecule has 0 N–H and O–H groups in total. The van der Waals surface area contributed by atoms with Crippen LogP contribution in [0.15, 0.2) is 0 Å². The minimum atomic E-state index is 0.341. The molecule has 56 valence electrons. The van der Waals surface area contributed by atoms with Gasteiger partial charge in [0.1, 0.15) is 0 Å². The van der Waals surface area contributed by atoms with Gasteiger partial charge in [-0.3, -0.25) is 0 Å². The van der Waals surface area contributed by atoms with Crippen LogP contribution in [-0.2, 0) is 9.47 Å². The summed E-state index contributed by atoms with van der Waals surface area (Å²) in [5, 5.41) is 0. The van der Waals surface area contributed by atoms with E-state index in [2.05, 4.69) is 6.92 Å². The second kappa shape index (κ2) is 7.92. The van der Waals surface area contributed by atoms with E-state index in [-0.39, 0.29) is 0 Å². The van der Waals surface area contributed by atoms with Gasteiger partial charge in [0.25, 0.3) is 0 Å². The zero-order chi connectivity index (χ0) is 7.66. The van der Waals surface area contributed by atoms with Crippen molar-refractivity contribution in [2.45, 2.75) is 20.2 Å². The van der Waals surface area contributed by atoms with Crippen molar-refractivity contribution < 1.29 is 10.8 Å². The summed E-state index contributed by atoms with van der Waals surface area (Å²) in [5.74, 6) is 0. The Balaban J connectivity index is 2.65. The van der Waals surface area contributed by atoms with Crippen molar-refractivity contribution in [1.82, 2.24) is 0 Å². The largest absolute Gasteiger partial charge is 0.379 e. The maximum absolute atomic E-state index is 6.75. The molecule has 2 heteroatoms. The summed E-state index contributed by atoms with van der Waals surface area (Å²) in [6.45, 7) is 5.03. The van der Waals surface area contributed by atoms with Crippen LogP contribution in [0.5, 0.6) is 0 Å². The van der Waals surface area contributed by atoms with Gasteiger partial charge in [0.15, 0.2) is 0 Å². The van der Waals surface area contributed by atoms with Crippen LogP contribution in [0.2, 0.25) is 0 Å². The third-order valence-corrected chi connectivity index (χ3v) is 0.865. The molecule has 0 aromatic carbocycles. The van der Waals surface area contributed by atoms with Crippen LogP contribution in [0.3, 0.4) is 0 Å². The van der Waals surface area contributed by atoms with E-state index in [1.54, 1.807) is 0 Å². The topological polar surface area (TPSA) is 18.5 Å². The summed E-state index contributed by atoms with van der Waals surface area (Å²) in [7, 11) is 0. The first kappa shape index (κ1) is 7.03. The van der Waals surface area contributed by atoms with Gasteiger partial charge >= 0.3 is 0 Å². The van der Waals surface area contributed by atoms with E-state index >= 15 is 0 Å². The molecule has 0 aromatic rings. The highest BCUT2D eigenvalue weighted by atomic mass is 16.5. The summed E-state index contributed by atoms with van der Waals surface area (Å²) in [6, 6.07) is 0. The zero-order valence-corrected chi connectivity index (χ0v) is 6.06. The molecule has 0 spiro atoms. The minimum absolute atomic E-state index is 0.341. The van der Waals surface area contributed by atoms with Crippen LogP contribution < -0.4 is 0 Å². The molecule has 0 heterocycles. The van der Waals surface area contributed by atoms with Crippen LogP contribution in [0.1, 0.15) is 21.6 Å².